The molecule has 1 unspecified atom stereocenters. The molecule has 47 heavy (non-hydrogen) atoms. The van der Waals surface area contributed by atoms with Crippen molar-refractivity contribution in [3.05, 3.63) is 111 Å². The van der Waals surface area contributed by atoms with Crippen molar-refractivity contribution in [2.45, 2.75) is 12.6 Å². The fourth-order valence-corrected chi connectivity index (χ4v) is 6.94. The third kappa shape index (κ3) is 6.64. The second-order valence-electron chi connectivity index (χ2n) is 11.0. The molecule has 1 atom stereocenters. The highest BCUT2D eigenvalue weighted by Gasteiger charge is 2.40. The zero-order valence-electron chi connectivity index (χ0n) is 25.9. The van der Waals surface area contributed by atoms with E-state index in [0.29, 0.717) is 27.0 Å². The molecule has 3 amide bonds. The lowest BCUT2D eigenvalue weighted by atomic mass is 10.1. The van der Waals surface area contributed by atoms with Crippen LogP contribution in [-0.4, -0.2) is 61.1 Å². The Balaban J connectivity index is 1.35. The van der Waals surface area contributed by atoms with Gasteiger partial charge in [-0.1, -0.05) is 18.2 Å². The van der Waals surface area contributed by atoms with Crippen molar-refractivity contribution in [2.75, 3.05) is 42.9 Å². The van der Waals surface area contributed by atoms with Gasteiger partial charge in [-0.2, -0.15) is 0 Å². The minimum absolute atomic E-state index is 0.00711. The molecule has 0 radical (unpaired) electrons. The molecule has 1 aliphatic rings. The first-order chi connectivity index (χ1) is 22.7. The zero-order valence-corrected chi connectivity index (χ0v) is 27.5. The van der Waals surface area contributed by atoms with E-state index in [9.17, 15) is 19.2 Å². The summed E-state index contributed by atoms with van der Waals surface area (Å²) >= 11 is 2.71. The lowest BCUT2D eigenvalue weighted by Crippen LogP contribution is -2.46. The average Bonchev–Trinajstić information content (AvgIpc) is 3.84. The van der Waals surface area contributed by atoms with E-state index < -0.39 is 36.1 Å². The van der Waals surface area contributed by atoms with Crippen LogP contribution in [0.3, 0.4) is 0 Å². The molecule has 238 valence electrons. The molecule has 2 aromatic heterocycles. The second kappa shape index (κ2) is 13.6. The number of ketones is 1. The number of hydrogen-bond acceptors (Lipinski definition) is 9. The third-order valence-corrected chi connectivity index (χ3v) is 9.52. The van der Waals surface area contributed by atoms with Gasteiger partial charge in [-0.05, 0) is 72.1 Å². The van der Waals surface area contributed by atoms with Crippen molar-refractivity contribution in [1.82, 2.24) is 9.88 Å². The number of fused-ring (bicyclic) bond motifs is 1. The van der Waals surface area contributed by atoms with Gasteiger partial charge < -0.3 is 19.9 Å². The zero-order chi connectivity index (χ0) is 33.1. The second-order valence-corrected chi connectivity index (χ2v) is 12.9. The number of carbonyl (C=O) groups is 4. The normalized spacial score (nSPS) is 12.9. The highest BCUT2D eigenvalue weighted by Crippen LogP contribution is 2.33. The standard InChI is InChI=1S/C35H31N5O5S2/c1-38(2)24-14-12-23(13-15-24)36-34(43)32(29-9-6-18-46-29)40(19-30-37-27(21-47-30)22-10-16-25(45-3)17-11-22)31(41)20-39-28-8-5-4-7-26(28)33(42)35(39)44/h4-18,21,32H,19-20H2,1-3H3,(H,36,43). The van der Waals surface area contributed by atoms with E-state index in [-0.39, 0.29) is 12.1 Å². The summed E-state index contributed by atoms with van der Waals surface area (Å²) in [7, 11) is 5.46. The van der Waals surface area contributed by atoms with Crippen molar-refractivity contribution < 1.29 is 23.9 Å². The number of amides is 3. The summed E-state index contributed by atoms with van der Waals surface area (Å²) in [5.74, 6) is -1.67. The molecule has 0 aliphatic carbocycles. The molecule has 10 nitrogen and oxygen atoms in total. The molecule has 0 fully saturated rings. The molecule has 0 spiro atoms. The van der Waals surface area contributed by atoms with Crippen LogP contribution in [-0.2, 0) is 20.9 Å². The number of methoxy groups -OCH3 is 1. The Kier molecular flexibility index (Phi) is 9.14. The van der Waals surface area contributed by atoms with Gasteiger partial charge in [0.2, 0.25) is 5.91 Å². The topological polar surface area (TPSA) is 112 Å². The molecule has 0 saturated carbocycles. The van der Waals surface area contributed by atoms with E-state index in [1.165, 1.54) is 32.5 Å². The molecule has 1 N–H and O–H groups in total. The summed E-state index contributed by atoms with van der Waals surface area (Å²) in [6.45, 7) is -0.433. The van der Waals surface area contributed by atoms with Crippen LogP contribution in [0.15, 0.2) is 95.7 Å². The minimum atomic E-state index is -1.05. The van der Waals surface area contributed by atoms with Gasteiger partial charge in [-0.15, -0.1) is 22.7 Å². The molecular weight excluding hydrogens is 635 g/mol. The lowest BCUT2D eigenvalue weighted by molar-refractivity contribution is -0.138. The maximum Gasteiger partial charge on any atom is 0.299 e. The maximum absolute atomic E-state index is 14.3. The first-order valence-corrected chi connectivity index (χ1v) is 16.4. The number of carbonyl (C=O) groups excluding carboxylic acids is 4. The van der Waals surface area contributed by atoms with Crippen LogP contribution >= 0.6 is 22.7 Å². The Hall–Kier alpha value is -5.33. The van der Waals surface area contributed by atoms with Crippen molar-refractivity contribution in [1.29, 1.82) is 0 Å². The number of nitrogens with one attached hydrogen (secondary N) is 1. The van der Waals surface area contributed by atoms with Gasteiger partial charge in [0.15, 0.2) is 0 Å². The van der Waals surface area contributed by atoms with Crippen LogP contribution in [0.1, 0.15) is 26.3 Å². The highest BCUT2D eigenvalue weighted by molar-refractivity contribution is 7.10. The first kappa shape index (κ1) is 31.6. The number of ether oxygens (including phenoxy) is 1. The van der Waals surface area contributed by atoms with Crippen LogP contribution in [0.2, 0.25) is 0 Å². The van der Waals surface area contributed by atoms with Crippen LogP contribution in [0.25, 0.3) is 11.3 Å². The average molecular weight is 666 g/mol. The van der Waals surface area contributed by atoms with Gasteiger partial charge >= 0.3 is 0 Å². The van der Waals surface area contributed by atoms with Crippen LogP contribution in [0.5, 0.6) is 5.75 Å². The fourth-order valence-electron chi connectivity index (χ4n) is 5.30. The Morgan fingerprint density at radius 3 is 2.36 bits per heavy atom. The van der Waals surface area contributed by atoms with Crippen molar-refractivity contribution in [3.8, 4) is 17.0 Å². The number of aromatic nitrogens is 1. The summed E-state index contributed by atoms with van der Waals surface area (Å²) in [5.41, 5.74) is 3.74. The fraction of sp³-hybridized carbons (Fsp3) is 0.171. The number of hydrogen-bond donors (Lipinski definition) is 1. The number of Topliss-reactive ketones (excluding diaryl/α,β-unsaturated/α-hetero) is 1. The third-order valence-electron chi connectivity index (χ3n) is 7.76. The Bertz CT molecular complexity index is 1920. The SMILES string of the molecule is COc1ccc(-c2csc(CN(C(=O)CN3C(=O)C(=O)c4ccccc43)C(C(=O)Nc3ccc(N(C)C)cc3)c3cccs3)n2)cc1. The summed E-state index contributed by atoms with van der Waals surface area (Å²) in [5, 5.41) is 7.31. The highest BCUT2D eigenvalue weighted by atomic mass is 32.1. The number of benzene rings is 3. The van der Waals surface area contributed by atoms with E-state index in [4.69, 9.17) is 9.72 Å². The van der Waals surface area contributed by atoms with Crippen molar-refractivity contribution >= 4 is 63.2 Å². The quantitative estimate of drug-likeness (QED) is 0.175. The summed E-state index contributed by atoms with van der Waals surface area (Å²) < 4.78 is 5.27. The van der Waals surface area contributed by atoms with Crippen LogP contribution < -0.4 is 19.9 Å². The summed E-state index contributed by atoms with van der Waals surface area (Å²) in [4.78, 5) is 64.2. The number of rotatable bonds is 11. The Morgan fingerprint density at radius 2 is 1.68 bits per heavy atom. The van der Waals surface area contributed by atoms with Crippen LogP contribution in [0.4, 0.5) is 17.1 Å². The lowest BCUT2D eigenvalue weighted by Gasteiger charge is -2.31. The molecule has 5 aromatic rings. The van der Waals surface area contributed by atoms with E-state index in [1.54, 1.807) is 49.6 Å². The summed E-state index contributed by atoms with van der Waals surface area (Å²) in [6, 6.07) is 24.0. The molecule has 6 rings (SSSR count). The predicted octanol–water partition coefficient (Wildman–Crippen LogP) is 5.88. The molecule has 3 heterocycles. The van der Waals surface area contributed by atoms with E-state index in [0.717, 1.165) is 17.0 Å². The van der Waals surface area contributed by atoms with E-state index >= 15 is 0 Å². The number of nitrogens with zero attached hydrogens (tertiary/aromatic N) is 4. The van der Waals surface area contributed by atoms with Crippen molar-refractivity contribution in [3.63, 3.8) is 0 Å². The van der Waals surface area contributed by atoms with E-state index in [2.05, 4.69) is 5.32 Å². The van der Waals surface area contributed by atoms with Gasteiger partial charge in [0.05, 0.1) is 30.6 Å². The van der Waals surface area contributed by atoms with Gasteiger partial charge in [0.1, 0.15) is 23.3 Å². The first-order valence-electron chi connectivity index (χ1n) is 14.7. The summed E-state index contributed by atoms with van der Waals surface area (Å²) in [6.07, 6.45) is 0. The molecule has 1 aliphatic heterocycles. The molecule has 0 bridgehead atoms. The number of thiazole rings is 1. The predicted molar refractivity (Wildman–Crippen MR) is 184 cm³/mol. The van der Waals surface area contributed by atoms with Gasteiger partial charge in [0.25, 0.3) is 17.6 Å². The van der Waals surface area contributed by atoms with E-state index in [1.807, 2.05) is 72.2 Å². The monoisotopic (exact) mass is 665 g/mol. The molecule has 12 heteroatoms. The number of thiophene rings is 1. The number of anilines is 3. The number of para-hydroxylation sites is 1. The van der Waals surface area contributed by atoms with Gasteiger partial charge in [-0.3, -0.25) is 24.1 Å². The van der Waals surface area contributed by atoms with Gasteiger partial charge in [0, 0.05) is 41.3 Å². The smallest absolute Gasteiger partial charge is 0.299 e. The largest absolute Gasteiger partial charge is 0.497 e. The van der Waals surface area contributed by atoms with Gasteiger partial charge in [-0.25, -0.2) is 4.98 Å². The van der Waals surface area contributed by atoms with Crippen molar-refractivity contribution in [2.24, 2.45) is 0 Å². The molecular formula is C35H31N5O5S2. The maximum atomic E-state index is 14.3. The van der Waals surface area contributed by atoms with Crippen LogP contribution in [0, 0.1) is 0 Å². The Labute approximate surface area is 279 Å². The minimum Gasteiger partial charge on any atom is -0.497 e. The Morgan fingerprint density at radius 1 is 0.936 bits per heavy atom. The molecule has 3 aromatic carbocycles. The molecule has 0 saturated heterocycles.